The van der Waals surface area contributed by atoms with Gasteiger partial charge >= 0.3 is 0 Å². The highest BCUT2D eigenvalue weighted by molar-refractivity contribution is 14.1. The first-order valence-corrected chi connectivity index (χ1v) is 13.5. The average Bonchev–Trinajstić information content (AvgIpc) is 3.39. The molecule has 0 aliphatic heterocycles. The molecular weight excluding hydrogens is 579 g/mol. The summed E-state index contributed by atoms with van der Waals surface area (Å²) in [6.07, 6.45) is 3.52. The number of carbonyl (C=O) groups excluding carboxylic acids is 2. The maximum absolute atomic E-state index is 13.4. The van der Waals surface area contributed by atoms with Crippen LogP contribution in [0.3, 0.4) is 0 Å². The number of hydrogen-bond donors (Lipinski definition) is 4. The predicted octanol–water partition coefficient (Wildman–Crippen LogP) is 2.13. The Balaban J connectivity index is 2.02. The Morgan fingerprint density at radius 1 is 1.22 bits per heavy atom. The Labute approximate surface area is 226 Å². The van der Waals surface area contributed by atoms with Crippen LogP contribution in [0.1, 0.15) is 51.5 Å². The van der Waals surface area contributed by atoms with E-state index in [0.717, 1.165) is 25.7 Å². The molecule has 0 saturated heterocycles. The smallest absolute Gasteiger partial charge is 0.247 e. The van der Waals surface area contributed by atoms with Crippen molar-refractivity contribution in [1.82, 2.24) is 10.2 Å². The summed E-state index contributed by atoms with van der Waals surface area (Å²) < 4.78 is 12.4. The fraction of sp³-hybridized carbons (Fsp3) is 0.615. The van der Waals surface area contributed by atoms with Crippen molar-refractivity contribution in [2.75, 3.05) is 20.3 Å². The standard InChI is InChI=1S/C26H37IN2O7/c1-15(2)26(34)29(18-6-4-5-7-18)20-12-17(25(33)28-8-9-30)13-21(23(20)32)36-24-19(27)10-16(14-31)11-22(24)35-3/h10-11,13,15,18,20-21,23,30-32H,4-9,12,14H2,1-3H3,(H,28,33). The second kappa shape index (κ2) is 13.1. The van der Waals surface area contributed by atoms with Gasteiger partial charge in [-0.1, -0.05) is 26.7 Å². The van der Waals surface area contributed by atoms with Crippen molar-refractivity contribution in [3.63, 3.8) is 0 Å². The van der Waals surface area contributed by atoms with Crippen molar-refractivity contribution in [2.45, 2.75) is 76.9 Å². The molecule has 4 N–H and O–H groups in total. The van der Waals surface area contributed by atoms with Crippen LogP contribution in [0.4, 0.5) is 0 Å². The Morgan fingerprint density at radius 2 is 1.92 bits per heavy atom. The van der Waals surface area contributed by atoms with Gasteiger partial charge in [-0.2, -0.15) is 0 Å². The zero-order valence-electron chi connectivity index (χ0n) is 21.1. The zero-order valence-corrected chi connectivity index (χ0v) is 23.2. The van der Waals surface area contributed by atoms with Crippen LogP contribution in [0.25, 0.3) is 0 Å². The first kappa shape index (κ1) is 28.7. The van der Waals surface area contributed by atoms with Gasteiger partial charge in [-0.15, -0.1) is 0 Å². The van der Waals surface area contributed by atoms with Crippen LogP contribution in [0.15, 0.2) is 23.8 Å². The molecule has 0 heterocycles. The summed E-state index contributed by atoms with van der Waals surface area (Å²) in [5, 5.41) is 33.0. The number of aliphatic hydroxyl groups excluding tert-OH is 3. The number of halogens is 1. The van der Waals surface area contributed by atoms with Crippen molar-refractivity contribution in [3.8, 4) is 11.5 Å². The lowest BCUT2D eigenvalue weighted by molar-refractivity contribution is -0.145. The molecule has 2 amide bonds. The van der Waals surface area contributed by atoms with Gasteiger partial charge in [0.05, 0.1) is 29.9 Å². The number of nitrogens with one attached hydrogen (secondary N) is 1. The number of ether oxygens (including phenoxy) is 2. The molecule has 0 spiro atoms. The fourth-order valence-electron chi connectivity index (χ4n) is 4.96. The highest BCUT2D eigenvalue weighted by Crippen LogP contribution is 2.38. The predicted molar refractivity (Wildman–Crippen MR) is 143 cm³/mol. The second-order valence-corrected chi connectivity index (χ2v) is 10.8. The van der Waals surface area contributed by atoms with Crippen molar-refractivity contribution >= 4 is 34.4 Å². The molecule has 3 rings (SSSR count). The number of carbonyl (C=O) groups is 2. The molecule has 1 aromatic carbocycles. The second-order valence-electron chi connectivity index (χ2n) is 9.62. The summed E-state index contributed by atoms with van der Waals surface area (Å²) in [4.78, 5) is 28.1. The van der Waals surface area contributed by atoms with Gasteiger partial charge in [0, 0.05) is 30.5 Å². The third kappa shape index (κ3) is 6.51. The summed E-state index contributed by atoms with van der Waals surface area (Å²) in [7, 11) is 1.49. The lowest BCUT2D eigenvalue weighted by atomic mass is 9.86. The van der Waals surface area contributed by atoms with Crippen LogP contribution in [0, 0.1) is 9.49 Å². The largest absolute Gasteiger partial charge is 0.493 e. The highest BCUT2D eigenvalue weighted by Gasteiger charge is 2.44. The zero-order chi connectivity index (χ0) is 26.4. The van der Waals surface area contributed by atoms with Crippen molar-refractivity contribution in [3.05, 3.63) is 32.9 Å². The number of amides is 2. The van der Waals surface area contributed by atoms with Gasteiger partial charge in [-0.25, -0.2) is 0 Å². The summed E-state index contributed by atoms with van der Waals surface area (Å²) in [5.74, 6) is 0.0954. The van der Waals surface area contributed by atoms with Gasteiger partial charge in [-0.3, -0.25) is 9.59 Å². The van der Waals surface area contributed by atoms with Crippen molar-refractivity contribution in [1.29, 1.82) is 0 Å². The Bertz CT molecular complexity index is 962. The molecule has 3 unspecified atom stereocenters. The number of aliphatic hydroxyl groups is 3. The average molecular weight is 616 g/mol. The molecule has 9 nitrogen and oxygen atoms in total. The van der Waals surface area contributed by atoms with Crippen molar-refractivity contribution < 1.29 is 34.4 Å². The lowest BCUT2D eigenvalue weighted by Crippen LogP contribution is -2.58. The molecular formula is C26H37IN2O7. The lowest BCUT2D eigenvalue weighted by Gasteiger charge is -2.44. The van der Waals surface area contributed by atoms with E-state index in [1.807, 2.05) is 13.8 Å². The quantitative estimate of drug-likeness (QED) is 0.297. The maximum atomic E-state index is 13.4. The van der Waals surface area contributed by atoms with Crippen LogP contribution in [-0.2, 0) is 16.2 Å². The van der Waals surface area contributed by atoms with Crippen LogP contribution in [0.5, 0.6) is 11.5 Å². The fourth-order valence-corrected chi connectivity index (χ4v) is 5.75. The SMILES string of the molecule is COc1cc(CO)cc(I)c1OC1C=C(C(=O)NCCO)CC(N(C(=O)C(C)C)C2CCCC2)C1O. The molecule has 0 bridgehead atoms. The molecule has 1 fully saturated rings. The van der Waals surface area contributed by atoms with E-state index < -0.39 is 18.2 Å². The first-order valence-electron chi connectivity index (χ1n) is 12.5. The number of benzene rings is 1. The van der Waals surface area contributed by atoms with Gasteiger partial charge in [0.2, 0.25) is 11.8 Å². The van der Waals surface area contributed by atoms with Gasteiger partial charge in [0.1, 0.15) is 12.2 Å². The summed E-state index contributed by atoms with van der Waals surface area (Å²) in [5.41, 5.74) is 1.05. The third-order valence-electron chi connectivity index (χ3n) is 6.76. The van der Waals surface area contributed by atoms with E-state index in [-0.39, 0.29) is 50.0 Å². The van der Waals surface area contributed by atoms with E-state index in [1.165, 1.54) is 7.11 Å². The molecule has 0 radical (unpaired) electrons. The Morgan fingerprint density at radius 3 is 2.50 bits per heavy atom. The molecule has 0 aromatic heterocycles. The van der Waals surface area contributed by atoms with Crippen molar-refractivity contribution in [2.24, 2.45) is 5.92 Å². The van der Waals surface area contributed by atoms with E-state index in [0.29, 0.717) is 26.2 Å². The number of rotatable bonds is 10. The Hall–Kier alpha value is -1.89. The third-order valence-corrected chi connectivity index (χ3v) is 7.57. The summed E-state index contributed by atoms with van der Waals surface area (Å²) >= 11 is 2.08. The number of hydrogen-bond acceptors (Lipinski definition) is 7. The molecule has 2 aliphatic rings. The van der Waals surface area contributed by atoms with Crippen LogP contribution < -0.4 is 14.8 Å². The molecule has 36 heavy (non-hydrogen) atoms. The molecule has 3 atom stereocenters. The van der Waals surface area contributed by atoms with Crippen LogP contribution in [-0.4, -0.2) is 76.6 Å². The molecule has 1 saturated carbocycles. The minimum Gasteiger partial charge on any atom is -0.493 e. The molecule has 10 heteroatoms. The maximum Gasteiger partial charge on any atom is 0.247 e. The van der Waals surface area contributed by atoms with Crippen LogP contribution in [0.2, 0.25) is 0 Å². The van der Waals surface area contributed by atoms with Gasteiger partial charge in [0.15, 0.2) is 11.5 Å². The highest BCUT2D eigenvalue weighted by atomic mass is 127. The van der Waals surface area contributed by atoms with E-state index in [4.69, 9.17) is 14.6 Å². The number of methoxy groups -OCH3 is 1. The summed E-state index contributed by atoms with van der Waals surface area (Å²) in [6.45, 7) is 3.42. The first-order chi connectivity index (χ1) is 17.2. The molecule has 1 aromatic rings. The van der Waals surface area contributed by atoms with E-state index in [1.54, 1.807) is 23.1 Å². The monoisotopic (exact) mass is 616 g/mol. The van der Waals surface area contributed by atoms with E-state index in [9.17, 15) is 19.8 Å². The van der Waals surface area contributed by atoms with Gasteiger partial charge < -0.3 is 35.0 Å². The minimum absolute atomic E-state index is 0.00133. The minimum atomic E-state index is -1.08. The van der Waals surface area contributed by atoms with E-state index >= 15 is 0 Å². The number of nitrogens with zero attached hydrogens (tertiary/aromatic N) is 1. The summed E-state index contributed by atoms with van der Waals surface area (Å²) in [6, 6.07) is 2.78. The molecule has 2 aliphatic carbocycles. The van der Waals surface area contributed by atoms with Gasteiger partial charge in [0.25, 0.3) is 0 Å². The van der Waals surface area contributed by atoms with E-state index in [2.05, 4.69) is 27.9 Å². The topological polar surface area (TPSA) is 129 Å². The molecule has 200 valence electrons. The van der Waals surface area contributed by atoms with Gasteiger partial charge in [-0.05, 0) is 59.2 Å². The van der Waals surface area contributed by atoms with Crippen LogP contribution >= 0.6 is 22.6 Å². The Kier molecular flexibility index (Phi) is 10.4. The normalized spacial score (nSPS) is 22.3.